The fraction of sp³-hybridized carbons (Fsp3) is 0.300. The van der Waals surface area contributed by atoms with Crippen molar-refractivity contribution in [3.05, 3.63) is 65.3 Å². The Bertz CT molecular complexity index is 917. The van der Waals surface area contributed by atoms with E-state index >= 15 is 0 Å². The zero-order valence-electron chi connectivity index (χ0n) is 15.3. The third-order valence-corrected chi connectivity index (χ3v) is 4.86. The summed E-state index contributed by atoms with van der Waals surface area (Å²) < 4.78 is 5.29. The Hall–Kier alpha value is -3.22. The molecule has 1 fully saturated rings. The highest BCUT2D eigenvalue weighted by Crippen LogP contribution is 2.36. The Morgan fingerprint density at radius 1 is 1.19 bits per heavy atom. The molecule has 7 nitrogen and oxygen atoms in total. The van der Waals surface area contributed by atoms with Crippen molar-refractivity contribution in [2.24, 2.45) is 0 Å². The van der Waals surface area contributed by atoms with Crippen LogP contribution < -0.4 is 5.32 Å². The summed E-state index contributed by atoms with van der Waals surface area (Å²) in [6.07, 6.45) is 5.00. The Morgan fingerprint density at radius 2 is 1.93 bits per heavy atom. The average molecular weight is 363 g/mol. The average Bonchev–Trinajstić information content (AvgIpc) is 3.29. The van der Waals surface area contributed by atoms with Crippen molar-refractivity contribution in [2.75, 3.05) is 11.9 Å². The molecule has 0 unspecified atom stereocenters. The quantitative estimate of drug-likeness (QED) is 0.759. The highest BCUT2D eigenvalue weighted by molar-refractivity contribution is 5.94. The number of anilines is 2. The highest BCUT2D eigenvalue weighted by atomic mass is 16.5. The lowest BCUT2D eigenvalue weighted by molar-refractivity contribution is 0.0734. The van der Waals surface area contributed by atoms with Gasteiger partial charge in [-0.2, -0.15) is 0 Å². The van der Waals surface area contributed by atoms with Crippen molar-refractivity contribution in [3.8, 4) is 0 Å². The normalized spacial score (nSPS) is 16.5. The zero-order chi connectivity index (χ0) is 18.8. The van der Waals surface area contributed by atoms with Gasteiger partial charge in [0.15, 0.2) is 0 Å². The lowest BCUT2D eigenvalue weighted by Gasteiger charge is -2.24. The molecule has 27 heavy (non-hydrogen) atoms. The van der Waals surface area contributed by atoms with Crippen LogP contribution in [0.5, 0.6) is 0 Å². The van der Waals surface area contributed by atoms with Gasteiger partial charge in [-0.25, -0.2) is 9.97 Å². The standard InChI is InChI=1S/C20H21N5O2/c1-13-18(14(2)27-24-13)17-9-6-10-25(17)19(26)15-11-21-20(22-12-15)23-16-7-4-3-5-8-16/h3-5,7-8,11-12,17H,6,9-10H2,1-2H3,(H,21,22,23)/t17-/m0/s1. The summed E-state index contributed by atoms with van der Waals surface area (Å²) in [5, 5.41) is 7.15. The molecule has 3 aromatic rings. The molecule has 0 aliphatic carbocycles. The monoisotopic (exact) mass is 363 g/mol. The van der Waals surface area contributed by atoms with Gasteiger partial charge in [-0.05, 0) is 38.8 Å². The van der Waals surface area contributed by atoms with Crippen molar-refractivity contribution < 1.29 is 9.32 Å². The van der Waals surface area contributed by atoms with Crippen molar-refractivity contribution in [2.45, 2.75) is 32.7 Å². The molecule has 3 heterocycles. The summed E-state index contributed by atoms with van der Waals surface area (Å²) in [7, 11) is 0. The molecular weight excluding hydrogens is 342 g/mol. The molecular formula is C20H21N5O2. The van der Waals surface area contributed by atoms with Crippen LogP contribution in [0.4, 0.5) is 11.6 Å². The second-order valence-corrected chi connectivity index (χ2v) is 6.68. The first-order valence-corrected chi connectivity index (χ1v) is 9.01. The number of aryl methyl sites for hydroxylation is 2. The fourth-order valence-electron chi connectivity index (χ4n) is 3.60. The SMILES string of the molecule is Cc1noc(C)c1[C@@H]1CCCN1C(=O)c1cnc(Nc2ccccc2)nc1. The van der Waals surface area contributed by atoms with Crippen LogP contribution >= 0.6 is 0 Å². The van der Waals surface area contributed by atoms with E-state index in [-0.39, 0.29) is 11.9 Å². The smallest absolute Gasteiger partial charge is 0.257 e. The van der Waals surface area contributed by atoms with E-state index in [9.17, 15) is 4.79 Å². The molecule has 1 amide bonds. The van der Waals surface area contributed by atoms with E-state index in [4.69, 9.17) is 4.52 Å². The van der Waals surface area contributed by atoms with E-state index < -0.39 is 0 Å². The number of nitrogens with one attached hydrogen (secondary N) is 1. The fourth-order valence-corrected chi connectivity index (χ4v) is 3.60. The van der Waals surface area contributed by atoms with Crippen LogP contribution in [0.15, 0.2) is 47.2 Å². The highest BCUT2D eigenvalue weighted by Gasteiger charge is 2.34. The van der Waals surface area contributed by atoms with E-state index in [0.29, 0.717) is 18.1 Å². The minimum Gasteiger partial charge on any atom is -0.361 e. The van der Waals surface area contributed by atoms with Gasteiger partial charge in [0.25, 0.3) is 5.91 Å². The molecule has 2 aromatic heterocycles. The maximum atomic E-state index is 13.0. The molecule has 1 aliphatic rings. The van der Waals surface area contributed by atoms with Gasteiger partial charge in [-0.15, -0.1) is 0 Å². The van der Waals surface area contributed by atoms with Crippen LogP contribution in [-0.2, 0) is 0 Å². The summed E-state index contributed by atoms with van der Waals surface area (Å²) >= 11 is 0. The maximum absolute atomic E-state index is 13.0. The molecule has 1 aliphatic heterocycles. The van der Waals surface area contributed by atoms with Crippen LogP contribution in [0.3, 0.4) is 0 Å². The van der Waals surface area contributed by atoms with Crippen molar-refractivity contribution >= 4 is 17.5 Å². The van der Waals surface area contributed by atoms with E-state index in [2.05, 4.69) is 20.4 Å². The van der Waals surface area contributed by atoms with Crippen molar-refractivity contribution in [1.29, 1.82) is 0 Å². The Kier molecular flexibility index (Phi) is 4.58. The van der Waals surface area contributed by atoms with Gasteiger partial charge >= 0.3 is 0 Å². The molecule has 1 aromatic carbocycles. The molecule has 1 saturated heterocycles. The van der Waals surface area contributed by atoms with Crippen LogP contribution in [0, 0.1) is 13.8 Å². The zero-order valence-corrected chi connectivity index (χ0v) is 15.3. The van der Waals surface area contributed by atoms with Gasteiger partial charge < -0.3 is 14.7 Å². The molecule has 1 N–H and O–H groups in total. The van der Waals surface area contributed by atoms with Crippen LogP contribution in [0.25, 0.3) is 0 Å². The third kappa shape index (κ3) is 3.40. The lowest BCUT2D eigenvalue weighted by Crippen LogP contribution is -2.31. The lowest BCUT2D eigenvalue weighted by atomic mass is 10.0. The van der Waals surface area contributed by atoms with E-state index in [1.807, 2.05) is 49.1 Å². The largest absolute Gasteiger partial charge is 0.361 e. The van der Waals surface area contributed by atoms with Gasteiger partial charge in [0.1, 0.15) is 5.76 Å². The number of rotatable bonds is 4. The third-order valence-electron chi connectivity index (χ3n) is 4.86. The number of benzene rings is 1. The summed E-state index contributed by atoms with van der Waals surface area (Å²) in [6, 6.07) is 9.66. The van der Waals surface area contributed by atoms with Gasteiger partial charge in [0.2, 0.25) is 5.95 Å². The summed E-state index contributed by atoms with van der Waals surface area (Å²) in [5.74, 6) is 1.17. The number of carbonyl (C=O) groups excluding carboxylic acids is 1. The molecule has 0 spiro atoms. The predicted octanol–water partition coefficient (Wildman–Crippen LogP) is 3.80. The van der Waals surface area contributed by atoms with Gasteiger partial charge in [0.05, 0.1) is 17.3 Å². The number of hydrogen-bond donors (Lipinski definition) is 1. The van der Waals surface area contributed by atoms with Crippen LogP contribution in [-0.4, -0.2) is 32.5 Å². The first kappa shape index (κ1) is 17.2. The summed E-state index contributed by atoms with van der Waals surface area (Å²) in [5.41, 5.74) is 3.24. The minimum absolute atomic E-state index is 0.00845. The molecule has 0 saturated carbocycles. The van der Waals surface area contributed by atoms with Gasteiger partial charge in [-0.1, -0.05) is 23.4 Å². The maximum Gasteiger partial charge on any atom is 0.257 e. The van der Waals surface area contributed by atoms with Crippen LogP contribution in [0.2, 0.25) is 0 Å². The Labute approximate surface area is 157 Å². The molecule has 7 heteroatoms. The second kappa shape index (κ2) is 7.19. The number of likely N-dealkylation sites (tertiary alicyclic amines) is 1. The molecule has 0 radical (unpaired) electrons. The molecule has 0 bridgehead atoms. The second-order valence-electron chi connectivity index (χ2n) is 6.68. The van der Waals surface area contributed by atoms with E-state index in [0.717, 1.165) is 35.5 Å². The molecule has 138 valence electrons. The summed E-state index contributed by atoms with van der Waals surface area (Å²) in [4.78, 5) is 23.5. The van der Waals surface area contributed by atoms with Crippen molar-refractivity contribution in [3.63, 3.8) is 0 Å². The number of hydrogen-bond acceptors (Lipinski definition) is 6. The van der Waals surface area contributed by atoms with Gasteiger partial charge in [-0.3, -0.25) is 4.79 Å². The van der Waals surface area contributed by atoms with E-state index in [1.165, 1.54) is 0 Å². The Balaban J connectivity index is 1.52. The Morgan fingerprint density at radius 3 is 2.59 bits per heavy atom. The first-order valence-electron chi connectivity index (χ1n) is 9.01. The first-order chi connectivity index (χ1) is 13.1. The minimum atomic E-state index is -0.0660. The number of para-hydroxylation sites is 1. The topological polar surface area (TPSA) is 84.2 Å². The van der Waals surface area contributed by atoms with E-state index in [1.54, 1.807) is 12.4 Å². The predicted molar refractivity (Wildman–Crippen MR) is 101 cm³/mol. The molecule has 1 atom stereocenters. The van der Waals surface area contributed by atoms with Gasteiger partial charge in [0, 0.05) is 30.2 Å². The molecule has 4 rings (SSSR count). The van der Waals surface area contributed by atoms with Crippen molar-refractivity contribution in [1.82, 2.24) is 20.0 Å². The number of aromatic nitrogens is 3. The number of carbonyl (C=O) groups is 1. The summed E-state index contributed by atoms with van der Waals surface area (Å²) in [6.45, 7) is 4.51. The number of nitrogens with zero attached hydrogens (tertiary/aromatic N) is 4. The number of amides is 1. The van der Waals surface area contributed by atoms with Crippen LogP contribution in [0.1, 0.15) is 46.3 Å².